The van der Waals surface area contributed by atoms with Crippen LogP contribution in [0.25, 0.3) is 10.9 Å². The fraction of sp³-hybridized carbons (Fsp3) is 0.481. The number of rotatable bonds is 11. The Morgan fingerprint density at radius 3 is 2.42 bits per heavy atom. The number of hydrogen-bond acceptors (Lipinski definition) is 6. The molecule has 2 heterocycles. The van der Waals surface area contributed by atoms with Crippen LogP contribution in [0.1, 0.15) is 45.0 Å². The lowest BCUT2D eigenvalue weighted by atomic mass is 9.97. The molecular weight excluding hydrogens is 545 g/mol. The van der Waals surface area contributed by atoms with Crippen molar-refractivity contribution in [2.45, 2.75) is 77.3 Å². The summed E-state index contributed by atoms with van der Waals surface area (Å²) < 4.78 is 49.4. The third-order valence-electron chi connectivity index (χ3n) is 6.26. The summed E-state index contributed by atoms with van der Waals surface area (Å²) in [4.78, 5) is 44.5. The fourth-order valence-electron chi connectivity index (χ4n) is 4.19. The third kappa shape index (κ3) is 7.67. The van der Waals surface area contributed by atoms with Gasteiger partial charge in [0.1, 0.15) is 30.2 Å². The second-order valence-corrected chi connectivity index (χ2v) is 17.3. The second kappa shape index (κ2) is 12.1. The number of halogens is 3. The minimum absolute atomic E-state index is 0.119. The molecular formula is C27H35F3N4O5Si. The van der Waals surface area contributed by atoms with Crippen LogP contribution in [-0.2, 0) is 16.3 Å². The average Bonchev–Trinajstić information content (AvgIpc) is 2.81. The molecule has 2 aromatic heterocycles. The Hall–Kier alpha value is -3.29. The topological polar surface area (TPSA) is 115 Å². The van der Waals surface area contributed by atoms with Gasteiger partial charge in [-0.3, -0.25) is 19.1 Å². The standard InChI is InChI=1S/C27H35F3N4O5Si/c1-16(23-20(30)12-18(29)14-31-23)32-24(35)22(13-27(2,3)38)34-25(36)19-11-17(28)7-8-21(19)33(26(34)37)15-39-9-10-40(4,5)6/h7-8,11-12,14,16,22,38H,9-10,13,15H2,1-6H3,(H,32,35)/t16-,22?/m0/s1. The van der Waals surface area contributed by atoms with Gasteiger partial charge < -0.3 is 15.2 Å². The van der Waals surface area contributed by atoms with Gasteiger partial charge in [0.05, 0.1) is 34.4 Å². The minimum Gasteiger partial charge on any atom is -0.390 e. The summed E-state index contributed by atoms with van der Waals surface area (Å²) in [5.74, 6) is -3.53. The minimum atomic E-state index is -1.58. The summed E-state index contributed by atoms with van der Waals surface area (Å²) in [5.41, 5.74) is -3.53. The Bertz CT molecular complexity index is 1510. The first-order valence-corrected chi connectivity index (χ1v) is 16.6. The molecule has 0 aliphatic heterocycles. The first-order chi connectivity index (χ1) is 18.5. The number of fused-ring (bicyclic) bond motifs is 1. The Morgan fingerprint density at radius 1 is 1.15 bits per heavy atom. The maximum atomic E-state index is 14.3. The van der Waals surface area contributed by atoms with E-state index in [4.69, 9.17) is 4.74 Å². The average molecular weight is 581 g/mol. The van der Waals surface area contributed by atoms with E-state index in [0.717, 1.165) is 28.9 Å². The molecule has 0 fully saturated rings. The van der Waals surface area contributed by atoms with Crippen molar-refractivity contribution in [1.82, 2.24) is 19.4 Å². The highest BCUT2D eigenvalue weighted by Crippen LogP contribution is 2.23. The van der Waals surface area contributed by atoms with Gasteiger partial charge in [0, 0.05) is 27.2 Å². The van der Waals surface area contributed by atoms with Gasteiger partial charge in [0.2, 0.25) is 5.91 Å². The third-order valence-corrected chi connectivity index (χ3v) is 7.97. The molecule has 3 rings (SSSR count). The predicted molar refractivity (Wildman–Crippen MR) is 147 cm³/mol. The molecule has 3 aromatic rings. The maximum absolute atomic E-state index is 14.3. The van der Waals surface area contributed by atoms with Crippen LogP contribution in [0, 0.1) is 17.5 Å². The van der Waals surface area contributed by atoms with Crippen LogP contribution in [-0.4, -0.2) is 45.4 Å². The first kappa shape index (κ1) is 31.2. The quantitative estimate of drug-likeness (QED) is 0.263. The molecule has 0 saturated carbocycles. The molecule has 2 atom stereocenters. The Kier molecular flexibility index (Phi) is 9.42. The van der Waals surface area contributed by atoms with Crippen molar-refractivity contribution in [3.63, 3.8) is 0 Å². The lowest BCUT2D eigenvalue weighted by Crippen LogP contribution is -2.49. The highest BCUT2D eigenvalue weighted by Gasteiger charge is 2.33. The molecule has 9 nitrogen and oxygen atoms in total. The molecule has 1 unspecified atom stereocenters. The van der Waals surface area contributed by atoms with Crippen LogP contribution < -0.4 is 16.6 Å². The van der Waals surface area contributed by atoms with Crippen molar-refractivity contribution >= 4 is 24.9 Å². The predicted octanol–water partition coefficient (Wildman–Crippen LogP) is 3.87. The highest BCUT2D eigenvalue weighted by atomic mass is 28.3. The van der Waals surface area contributed by atoms with Gasteiger partial charge in [-0.05, 0) is 45.0 Å². The summed E-state index contributed by atoms with van der Waals surface area (Å²) in [7, 11) is -1.45. The van der Waals surface area contributed by atoms with Crippen LogP contribution in [0.3, 0.4) is 0 Å². The molecule has 0 radical (unpaired) electrons. The molecule has 0 aliphatic rings. The molecule has 0 saturated heterocycles. The Labute approximate surface area is 230 Å². The first-order valence-electron chi connectivity index (χ1n) is 12.8. The van der Waals surface area contributed by atoms with Crippen LogP contribution in [0.15, 0.2) is 40.1 Å². The number of carbonyl (C=O) groups excluding carboxylic acids is 1. The molecule has 2 N–H and O–H groups in total. The Morgan fingerprint density at radius 2 is 1.82 bits per heavy atom. The van der Waals surface area contributed by atoms with Crippen molar-refractivity contribution in [2.75, 3.05) is 6.61 Å². The molecule has 0 bridgehead atoms. The number of nitrogens with zero attached hydrogens (tertiary/aromatic N) is 3. The van der Waals surface area contributed by atoms with Crippen LogP contribution in [0.5, 0.6) is 0 Å². The molecule has 13 heteroatoms. The zero-order valence-electron chi connectivity index (χ0n) is 23.4. The van der Waals surface area contributed by atoms with E-state index in [-0.39, 0.29) is 23.3 Å². The van der Waals surface area contributed by atoms with E-state index in [0.29, 0.717) is 17.2 Å². The van der Waals surface area contributed by atoms with E-state index in [1.54, 1.807) is 0 Å². The van der Waals surface area contributed by atoms with Gasteiger partial charge in [-0.1, -0.05) is 19.6 Å². The Balaban J connectivity index is 2.11. The van der Waals surface area contributed by atoms with Crippen LogP contribution in [0.4, 0.5) is 13.2 Å². The van der Waals surface area contributed by atoms with E-state index in [2.05, 4.69) is 29.9 Å². The molecule has 1 amide bonds. The number of hydrogen-bond donors (Lipinski definition) is 2. The normalized spacial score (nSPS) is 13.8. The smallest absolute Gasteiger partial charge is 0.334 e. The molecule has 1 aromatic carbocycles. The van der Waals surface area contributed by atoms with E-state index in [1.165, 1.54) is 26.8 Å². The number of pyridine rings is 1. The zero-order chi connectivity index (χ0) is 30.0. The number of nitrogens with one attached hydrogen (secondary N) is 1. The van der Waals surface area contributed by atoms with Gasteiger partial charge in [0.15, 0.2) is 0 Å². The van der Waals surface area contributed by atoms with Crippen LogP contribution in [0.2, 0.25) is 25.7 Å². The summed E-state index contributed by atoms with van der Waals surface area (Å²) in [6.07, 6.45) is 0.399. The number of aliphatic hydroxyl groups is 1. The van der Waals surface area contributed by atoms with Gasteiger partial charge in [-0.2, -0.15) is 0 Å². The number of aromatic nitrogens is 3. The van der Waals surface area contributed by atoms with Gasteiger partial charge in [-0.15, -0.1) is 0 Å². The van der Waals surface area contributed by atoms with E-state index < -0.39 is 66.8 Å². The van der Waals surface area contributed by atoms with Gasteiger partial charge in [0.25, 0.3) is 5.56 Å². The fourth-order valence-corrected chi connectivity index (χ4v) is 4.95. The maximum Gasteiger partial charge on any atom is 0.334 e. The van der Waals surface area contributed by atoms with Crippen molar-refractivity contribution in [2.24, 2.45) is 0 Å². The summed E-state index contributed by atoms with van der Waals surface area (Å²) >= 11 is 0. The largest absolute Gasteiger partial charge is 0.390 e. The summed E-state index contributed by atoms with van der Waals surface area (Å²) in [6, 6.07) is 2.12. The van der Waals surface area contributed by atoms with Crippen molar-refractivity contribution in [3.05, 3.63) is 74.4 Å². The second-order valence-electron chi connectivity index (χ2n) is 11.7. The SMILES string of the molecule is C[C@H](NC(=O)C(CC(C)(C)O)n1c(=O)c2cc(F)ccc2n(COCC[Si](C)(C)C)c1=O)c1ncc(F)cc1F. The van der Waals surface area contributed by atoms with Crippen molar-refractivity contribution < 1.29 is 27.8 Å². The zero-order valence-corrected chi connectivity index (χ0v) is 24.4. The number of benzene rings is 1. The van der Waals surface area contributed by atoms with Gasteiger partial charge in [-0.25, -0.2) is 22.5 Å². The number of ether oxygens (including phenoxy) is 1. The molecule has 0 spiro atoms. The van der Waals surface area contributed by atoms with Crippen molar-refractivity contribution in [1.29, 1.82) is 0 Å². The van der Waals surface area contributed by atoms with Crippen molar-refractivity contribution in [3.8, 4) is 0 Å². The van der Waals surface area contributed by atoms with E-state index in [1.807, 2.05) is 0 Å². The van der Waals surface area contributed by atoms with E-state index >= 15 is 0 Å². The summed E-state index contributed by atoms with van der Waals surface area (Å²) in [6.45, 7) is 10.8. The number of carbonyl (C=O) groups is 1. The van der Waals surface area contributed by atoms with E-state index in [9.17, 15) is 32.7 Å². The highest BCUT2D eigenvalue weighted by molar-refractivity contribution is 6.76. The number of amides is 1. The van der Waals surface area contributed by atoms with Gasteiger partial charge >= 0.3 is 5.69 Å². The monoisotopic (exact) mass is 580 g/mol. The van der Waals surface area contributed by atoms with Crippen LogP contribution >= 0.6 is 0 Å². The molecule has 0 aliphatic carbocycles. The molecule has 40 heavy (non-hydrogen) atoms. The summed E-state index contributed by atoms with van der Waals surface area (Å²) in [5, 5.41) is 12.9. The lowest BCUT2D eigenvalue weighted by molar-refractivity contribution is -0.127. The molecule has 218 valence electrons. The lowest BCUT2D eigenvalue weighted by Gasteiger charge is -2.27.